The molecule has 1 aliphatic rings. The maximum atomic E-state index is 13.4. The average molecular weight is 294 g/mol. The van der Waals surface area contributed by atoms with E-state index in [-0.39, 0.29) is 5.82 Å². The first kappa shape index (κ1) is 16.2. The summed E-state index contributed by atoms with van der Waals surface area (Å²) in [6.07, 6.45) is 3.82. The van der Waals surface area contributed by atoms with E-state index >= 15 is 0 Å². The van der Waals surface area contributed by atoms with Crippen LogP contribution in [0, 0.1) is 5.82 Å². The van der Waals surface area contributed by atoms with Crippen LogP contribution < -0.4 is 10.2 Å². The number of likely N-dealkylation sites (N-methyl/N-ethyl adjacent to an activating group) is 2. The van der Waals surface area contributed by atoms with E-state index < -0.39 is 0 Å². The number of anilines is 1. The number of likely N-dealkylation sites (tertiary alicyclic amines) is 1. The number of pyridine rings is 1. The Balaban J connectivity index is 2.08. The third-order valence-corrected chi connectivity index (χ3v) is 4.23. The van der Waals surface area contributed by atoms with Crippen LogP contribution in [0.5, 0.6) is 0 Å². The smallest absolute Gasteiger partial charge is 0.141 e. The van der Waals surface area contributed by atoms with Crippen LogP contribution in [0.2, 0.25) is 0 Å². The zero-order valence-corrected chi connectivity index (χ0v) is 13.4. The minimum absolute atomic E-state index is 0.267. The zero-order chi connectivity index (χ0) is 15.2. The molecule has 0 aromatic carbocycles. The number of nitrogens with one attached hydrogen (secondary N) is 1. The van der Waals surface area contributed by atoms with Crippen LogP contribution in [0.3, 0.4) is 0 Å². The predicted octanol–water partition coefficient (Wildman–Crippen LogP) is 2.25. The molecule has 0 spiro atoms. The molecule has 0 bridgehead atoms. The average Bonchev–Trinajstić information content (AvgIpc) is 2.92. The Morgan fingerprint density at radius 1 is 1.48 bits per heavy atom. The molecule has 1 aromatic rings. The quantitative estimate of drug-likeness (QED) is 0.836. The van der Waals surface area contributed by atoms with Gasteiger partial charge in [-0.2, -0.15) is 0 Å². The molecule has 1 atom stereocenters. The predicted molar refractivity (Wildman–Crippen MR) is 85.1 cm³/mol. The number of aromatic nitrogens is 1. The van der Waals surface area contributed by atoms with E-state index in [0.717, 1.165) is 31.0 Å². The van der Waals surface area contributed by atoms with E-state index in [9.17, 15) is 4.39 Å². The Bertz CT molecular complexity index is 452. The lowest BCUT2D eigenvalue weighted by Gasteiger charge is -2.29. The Hall–Kier alpha value is -1.20. The third kappa shape index (κ3) is 4.14. The number of rotatable bonds is 7. The summed E-state index contributed by atoms with van der Waals surface area (Å²) in [5, 5.41) is 3.26. The standard InChI is InChI=1S/C16H27FN4/c1-4-18-10-13-9-14(17)11-19-16(13)20(3)12-15-7-6-8-21(15)5-2/h9,11,15,18H,4-8,10,12H2,1-3H3. The van der Waals surface area contributed by atoms with Gasteiger partial charge in [0.05, 0.1) is 6.20 Å². The van der Waals surface area contributed by atoms with Crippen molar-refractivity contribution in [3.05, 3.63) is 23.6 Å². The van der Waals surface area contributed by atoms with Gasteiger partial charge in [0, 0.05) is 31.7 Å². The summed E-state index contributed by atoms with van der Waals surface area (Å²) in [5.41, 5.74) is 0.931. The van der Waals surface area contributed by atoms with Crippen molar-refractivity contribution in [2.75, 3.05) is 38.1 Å². The molecule has 1 N–H and O–H groups in total. The van der Waals surface area contributed by atoms with Gasteiger partial charge in [-0.05, 0) is 38.5 Å². The van der Waals surface area contributed by atoms with Gasteiger partial charge in [-0.1, -0.05) is 13.8 Å². The SMILES string of the molecule is CCNCc1cc(F)cnc1N(C)CC1CCCN1CC. The van der Waals surface area contributed by atoms with Crippen molar-refractivity contribution in [3.8, 4) is 0 Å². The largest absolute Gasteiger partial charge is 0.358 e. The van der Waals surface area contributed by atoms with Crippen molar-refractivity contribution < 1.29 is 4.39 Å². The van der Waals surface area contributed by atoms with Crippen LogP contribution >= 0.6 is 0 Å². The minimum Gasteiger partial charge on any atom is -0.358 e. The molecular formula is C16H27FN4. The van der Waals surface area contributed by atoms with Gasteiger partial charge in [0.15, 0.2) is 0 Å². The Kier molecular flexibility index (Phi) is 5.94. The number of hydrogen-bond acceptors (Lipinski definition) is 4. The van der Waals surface area contributed by atoms with Crippen LogP contribution in [-0.4, -0.2) is 49.2 Å². The van der Waals surface area contributed by atoms with Crippen molar-refractivity contribution in [1.82, 2.24) is 15.2 Å². The lowest BCUT2D eigenvalue weighted by atomic mass is 10.2. The topological polar surface area (TPSA) is 31.4 Å². The second-order valence-electron chi connectivity index (χ2n) is 5.72. The highest BCUT2D eigenvalue weighted by Crippen LogP contribution is 2.22. The Labute approximate surface area is 127 Å². The van der Waals surface area contributed by atoms with E-state index in [1.165, 1.54) is 25.6 Å². The van der Waals surface area contributed by atoms with Gasteiger partial charge in [-0.3, -0.25) is 4.90 Å². The molecule has 2 heterocycles. The van der Waals surface area contributed by atoms with Gasteiger partial charge in [0.25, 0.3) is 0 Å². The molecule has 1 saturated heterocycles. The van der Waals surface area contributed by atoms with E-state index in [1.807, 2.05) is 6.92 Å². The summed E-state index contributed by atoms with van der Waals surface area (Å²) in [6.45, 7) is 9.02. The maximum absolute atomic E-state index is 13.4. The van der Waals surface area contributed by atoms with Gasteiger partial charge < -0.3 is 10.2 Å². The van der Waals surface area contributed by atoms with Crippen molar-refractivity contribution in [2.45, 2.75) is 39.3 Å². The van der Waals surface area contributed by atoms with Crippen LogP contribution in [0.25, 0.3) is 0 Å². The summed E-state index contributed by atoms with van der Waals surface area (Å²) >= 11 is 0. The molecule has 21 heavy (non-hydrogen) atoms. The van der Waals surface area contributed by atoms with E-state index in [0.29, 0.717) is 12.6 Å². The van der Waals surface area contributed by atoms with E-state index in [2.05, 4.69) is 34.1 Å². The number of hydrogen-bond donors (Lipinski definition) is 1. The van der Waals surface area contributed by atoms with Crippen LogP contribution in [0.1, 0.15) is 32.3 Å². The van der Waals surface area contributed by atoms with Crippen molar-refractivity contribution in [1.29, 1.82) is 0 Å². The van der Waals surface area contributed by atoms with Gasteiger partial charge in [0.1, 0.15) is 11.6 Å². The highest BCUT2D eigenvalue weighted by atomic mass is 19.1. The van der Waals surface area contributed by atoms with Gasteiger partial charge in [-0.25, -0.2) is 9.37 Å². The first-order valence-corrected chi connectivity index (χ1v) is 7.96. The summed E-state index contributed by atoms with van der Waals surface area (Å²) in [4.78, 5) is 9.01. The second-order valence-corrected chi connectivity index (χ2v) is 5.72. The van der Waals surface area contributed by atoms with Crippen LogP contribution in [0.15, 0.2) is 12.3 Å². The Morgan fingerprint density at radius 2 is 2.29 bits per heavy atom. The highest BCUT2D eigenvalue weighted by Gasteiger charge is 2.25. The molecule has 118 valence electrons. The first-order chi connectivity index (χ1) is 10.2. The summed E-state index contributed by atoms with van der Waals surface area (Å²) in [5.74, 6) is 0.622. The minimum atomic E-state index is -0.267. The fourth-order valence-corrected chi connectivity index (χ4v) is 3.13. The molecule has 2 rings (SSSR count). The van der Waals surface area contributed by atoms with E-state index in [4.69, 9.17) is 0 Å². The van der Waals surface area contributed by atoms with Crippen LogP contribution in [0.4, 0.5) is 10.2 Å². The number of nitrogens with zero attached hydrogens (tertiary/aromatic N) is 3. The fourth-order valence-electron chi connectivity index (χ4n) is 3.13. The first-order valence-electron chi connectivity index (χ1n) is 7.96. The van der Waals surface area contributed by atoms with Gasteiger partial charge >= 0.3 is 0 Å². The second kappa shape index (κ2) is 7.71. The molecule has 1 fully saturated rings. The molecule has 0 aliphatic carbocycles. The van der Waals surface area contributed by atoms with Crippen molar-refractivity contribution >= 4 is 5.82 Å². The summed E-state index contributed by atoms with van der Waals surface area (Å²) < 4.78 is 13.4. The molecule has 0 amide bonds. The van der Waals surface area contributed by atoms with Crippen molar-refractivity contribution in [3.63, 3.8) is 0 Å². The van der Waals surface area contributed by atoms with Crippen molar-refractivity contribution in [2.24, 2.45) is 0 Å². The molecule has 0 radical (unpaired) electrons. The molecule has 5 heteroatoms. The lowest BCUT2D eigenvalue weighted by Crippen LogP contribution is -2.39. The Morgan fingerprint density at radius 3 is 3.00 bits per heavy atom. The zero-order valence-electron chi connectivity index (χ0n) is 13.4. The molecule has 1 aromatic heterocycles. The lowest BCUT2D eigenvalue weighted by molar-refractivity contribution is 0.270. The van der Waals surface area contributed by atoms with Gasteiger partial charge in [-0.15, -0.1) is 0 Å². The summed E-state index contributed by atoms with van der Waals surface area (Å²) in [6, 6.07) is 2.17. The third-order valence-electron chi connectivity index (χ3n) is 4.23. The summed E-state index contributed by atoms with van der Waals surface area (Å²) in [7, 11) is 2.06. The van der Waals surface area contributed by atoms with E-state index in [1.54, 1.807) is 6.07 Å². The monoisotopic (exact) mass is 294 g/mol. The molecule has 0 saturated carbocycles. The van der Waals surface area contributed by atoms with Gasteiger partial charge in [0.2, 0.25) is 0 Å². The molecule has 1 unspecified atom stereocenters. The van der Waals surface area contributed by atoms with Crippen LogP contribution in [-0.2, 0) is 6.54 Å². The molecule has 4 nitrogen and oxygen atoms in total. The fraction of sp³-hybridized carbons (Fsp3) is 0.688. The normalized spacial score (nSPS) is 19.1. The highest BCUT2D eigenvalue weighted by molar-refractivity contribution is 5.46. The molecular weight excluding hydrogens is 267 g/mol. The molecule has 1 aliphatic heterocycles. The number of halogens is 1. The maximum Gasteiger partial charge on any atom is 0.141 e.